The van der Waals surface area contributed by atoms with E-state index >= 15 is 0 Å². The van der Waals surface area contributed by atoms with E-state index in [1.54, 1.807) is 12.1 Å². The molecule has 0 aliphatic rings. The van der Waals surface area contributed by atoms with Crippen molar-refractivity contribution in [3.8, 4) is 5.75 Å². The second-order valence-electron chi connectivity index (χ2n) is 3.47. The predicted molar refractivity (Wildman–Crippen MR) is 67.4 cm³/mol. The fourth-order valence-electron chi connectivity index (χ4n) is 1.24. The number of rotatable bonds is 2. The summed E-state index contributed by atoms with van der Waals surface area (Å²) in [6, 6.07) is 15.3. The Morgan fingerprint density at radius 1 is 0.944 bits per heavy atom. The standard InChI is InChI=1S/C7H6O3.C7H8O/c8-6-4-2-1-3-5(6)7(9)10;8-6-7-4-2-1-3-5-7/h1-4,8H,(H,9,10);1-5,8H,6H2. The average molecular weight is 246 g/mol. The molecule has 0 saturated heterocycles. The van der Waals surface area contributed by atoms with Crippen molar-refractivity contribution < 1.29 is 20.1 Å². The zero-order valence-electron chi connectivity index (χ0n) is 9.65. The van der Waals surface area contributed by atoms with E-state index in [0.29, 0.717) is 0 Å². The van der Waals surface area contributed by atoms with Crippen LogP contribution in [0.2, 0.25) is 0 Å². The van der Waals surface area contributed by atoms with Crippen LogP contribution in [0.4, 0.5) is 0 Å². The van der Waals surface area contributed by atoms with Gasteiger partial charge in [-0.15, -0.1) is 0 Å². The van der Waals surface area contributed by atoms with E-state index < -0.39 is 5.97 Å². The summed E-state index contributed by atoms with van der Waals surface area (Å²) in [5.74, 6) is -1.31. The van der Waals surface area contributed by atoms with Crippen molar-refractivity contribution in [3.63, 3.8) is 0 Å². The molecule has 0 fully saturated rings. The number of aliphatic hydroxyl groups excluding tert-OH is 1. The lowest BCUT2D eigenvalue weighted by Crippen LogP contribution is -1.95. The second-order valence-corrected chi connectivity index (χ2v) is 3.47. The van der Waals surface area contributed by atoms with Gasteiger partial charge in [0.25, 0.3) is 0 Å². The molecule has 4 nitrogen and oxygen atoms in total. The first-order chi connectivity index (χ1) is 8.65. The molecular formula is C14H14O4. The molecule has 0 atom stereocenters. The van der Waals surface area contributed by atoms with Crippen LogP contribution in [0.5, 0.6) is 5.75 Å². The van der Waals surface area contributed by atoms with Gasteiger partial charge in [-0.05, 0) is 17.7 Å². The number of carbonyl (C=O) groups is 1. The molecule has 0 aromatic heterocycles. The topological polar surface area (TPSA) is 77.8 Å². The van der Waals surface area contributed by atoms with Gasteiger partial charge in [0.05, 0.1) is 6.61 Å². The molecule has 18 heavy (non-hydrogen) atoms. The van der Waals surface area contributed by atoms with E-state index in [1.807, 2.05) is 30.3 Å². The highest BCUT2D eigenvalue weighted by Gasteiger charge is 2.05. The number of para-hydroxylation sites is 1. The average Bonchev–Trinajstić information content (AvgIpc) is 2.40. The Balaban J connectivity index is 0.000000184. The van der Waals surface area contributed by atoms with Crippen molar-refractivity contribution in [2.75, 3.05) is 0 Å². The van der Waals surface area contributed by atoms with Gasteiger partial charge in [-0.1, -0.05) is 42.5 Å². The van der Waals surface area contributed by atoms with Crippen LogP contribution in [0.3, 0.4) is 0 Å². The van der Waals surface area contributed by atoms with Crippen molar-refractivity contribution in [2.24, 2.45) is 0 Å². The minimum atomic E-state index is -1.11. The molecule has 2 aromatic rings. The fraction of sp³-hybridized carbons (Fsp3) is 0.0714. The van der Waals surface area contributed by atoms with Gasteiger partial charge in [-0.3, -0.25) is 0 Å². The summed E-state index contributed by atoms with van der Waals surface area (Å²) in [6.45, 7) is 0.140. The number of aromatic carboxylic acids is 1. The van der Waals surface area contributed by atoms with Crippen molar-refractivity contribution >= 4 is 5.97 Å². The van der Waals surface area contributed by atoms with Crippen LogP contribution in [0, 0.1) is 0 Å². The van der Waals surface area contributed by atoms with Gasteiger partial charge in [0.15, 0.2) is 0 Å². The second kappa shape index (κ2) is 7.09. The van der Waals surface area contributed by atoms with E-state index in [-0.39, 0.29) is 17.9 Å². The molecular weight excluding hydrogens is 232 g/mol. The van der Waals surface area contributed by atoms with E-state index in [4.69, 9.17) is 15.3 Å². The van der Waals surface area contributed by atoms with Crippen LogP contribution in [0.15, 0.2) is 54.6 Å². The first-order valence-electron chi connectivity index (χ1n) is 5.31. The molecule has 94 valence electrons. The van der Waals surface area contributed by atoms with Crippen LogP contribution in [0.25, 0.3) is 0 Å². The summed E-state index contributed by atoms with van der Waals surface area (Å²) < 4.78 is 0. The van der Waals surface area contributed by atoms with E-state index in [9.17, 15) is 4.79 Å². The third kappa shape index (κ3) is 4.27. The lowest BCUT2D eigenvalue weighted by Gasteiger charge is -1.95. The third-order valence-electron chi connectivity index (χ3n) is 2.16. The van der Waals surface area contributed by atoms with Gasteiger partial charge >= 0.3 is 5.97 Å². The number of phenols is 1. The lowest BCUT2D eigenvalue weighted by molar-refractivity contribution is 0.0693. The number of hydrogen-bond acceptors (Lipinski definition) is 3. The number of benzene rings is 2. The molecule has 0 aliphatic carbocycles. The normalized spacial score (nSPS) is 9.17. The van der Waals surface area contributed by atoms with E-state index in [2.05, 4.69) is 0 Å². The highest BCUT2D eigenvalue weighted by atomic mass is 16.4. The highest BCUT2D eigenvalue weighted by molar-refractivity contribution is 5.90. The van der Waals surface area contributed by atoms with Crippen LogP contribution in [-0.2, 0) is 6.61 Å². The molecule has 0 bridgehead atoms. The maximum absolute atomic E-state index is 10.3. The first-order valence-corrected chi connectivity index (χ1v) is 5.31. The molecule has 2 aromatic carbocycles. The number of carboxylic acid groups (broad SMARTS) is 1. The third-order valence-corrected chi connectivity index (χ3v) is 2.16. The fourth-order valence-corrected chi connectivity index (χ4v) is 1.24. The van der Waals surface area contributed by atoms with Gasteiger partial charge in [0.2, 0.25) is 0 Å². The number of aromatic hydroxyl groups is 1. The molecule has 0 unspecified atom stereocenters. The van der Waals surface area contributed by atoms with Crippen LogP contribution in [-0.4, -0.2) is 21.3 Å². The highest BCUT2D eigenvalue weighted by Crippen LogP contribution is 2.14. The maximum atomic E-state index is 10.3. The Bertz CT molecular complexity index is 494. The zero-order valence-corrected chi connectivity index (χ0v) is 9.65. The van der Waals surface area contributed by atoms with Crippen molar-refractivity contribution in [3.05, 3.63) is 65.7 Å². The smallest absolute Gasteiger partial charge is 0.339 e. The van der Waals surface area contributed by atoms with E-state index in [0.717, 1.165) is 5.56 Å². The van der Waals surface area contributed by atoms with Crippen LogP contribution in [0.1, 0.15) is 15.9 Å². The Morgan fingerprint density at radius 2 is 1.50 bits per heavy atom. The Morgan fingerprint density at radius 3 is 1.89 bits per heavy atom. The molecule has 4 heteroatoms. The zero-order chi connectivity index (χ0) is 13.4. The maximum Gasteiger partial charge on any atom is 0.339 e. The van der Waals surface area contributed by atoms with Crippen LogP contribution < -0.4 is 0 Å². The number of aliphatic hydroxyl groups is 1. The summed E-state index contributed by atoms with van der Waals surface area (Å²) in [7, 11) is 0. The predicted octanol–water partition coefficient (Wildman–Crippen LogP) is 2.27. The molecule has 0 amide bonds. The van der Waals surface area contributed by atoms with Crippen molar-refractivity contribution in [1.29, 1.82) is 0 Å². The monoisotopic (exact) mass is 246 g/mol. The summed E-state index contributed by atoms with van der Waals surface area (Å²) >= 11 is 0. The Hall–Kier alpha value is -2.33. The summed E-state index contributed by atoms with van der Waals surface area (Å²) in [5, 5.41) is 25.8. The largest absolute Gasteiger partial charge is 0.507 e. The van der Waals surface area contributed by atoms with Crippen LogP contribution >= 0.6 is 0 Å². The van der Waals surface area contributed by atoms with E-state index in [1.165, 1.54) is 12.1 Å². The molecule has 0 heterocycles. The Labute approximate surface area is 105 Å². The van der Waals surface area contributed by atoms with Gasteiger partial charge in [-0.25, -0.2) is 4.79 Å². The minimum Gasteiger partial charge on any atom is -0.507 e. The molecule has 2 rings (SSSR count). The van der Waals surface area contributed by atoms with Gasteiger partial charge in [0, 0.05) is 0 Å². The Kier molecular flexibility index (Phi) is 5.41. The molecule has 0 saturated carbocycles. The van der Waals surface area contributed by atoms with Crippen molar-refractivity contribution in [2.45, 2.75) is 6.61 Å². The summed E-state index contributed by atoms with van der Waals surface area (Å²) in [5.41, 5.74) is 0.898. The number of hydrogen-bond donors (Lipinski definition) is 3. The van der Waals surface area contributed by atoms with Gasteiger partial charge < -0.3 is 15.3 Å². The summed E-state index contributed by atoms with van der Waals surface area (Å²) in [4.78, 5) is 10.3. The van der Waals surface area contributed by atoms with Gasteiger partial charge in [0.1, 0.15) is 11.3 Å². The molecule has 3 N–H and O–H groups in total. The quantitative estimate of drug-likeness (QED) is 0.759. The SMILES string of the molecule is O=C(O)c1ccccc1O.OCc1ccccc1. The molecule has 0 radical (unpaired) electrons. The van der Waals surface area contributed by atoms with Crippen molar-refractivity contribution in [1.82, 2.24) is 0 Å². The lowest BCUT2D eigenvalue weighted by atomic mass is 10.2. The number of carboxylic acids is 1. The molecule has 0 aliphatic heterocycles. The van der Waals surface area contributed by atoms with Gasteiger partial charge in [-0.2, -0.15) is 0 Å². The summed E-state index contributed by atoms with van der Waals surface area (Å²) in [6.07, 6.45) is 0. The molecule has 0 spiro atoms. The minimum absolute atomic E-state index is 0.0671. The first kappa shape index (κ1) is 13.7.